The van der Waals surface area contributed by atoms with Gasteiger partial charge in [-0.2, -0.15) is 25.2 Å². The summed E-state index contributed by atoms with van der Waals surface area (Å²) in [6.07, 6.45) is 0. The molecule has 39 heavy (non-hydrogen) atoms. The Balaban J connectivity index is 2.56. The van der Waals surface area contributed by atoms with Crippen molar-refractivity contribution in [2.24, 2.45) is 0 Å². The Labute approximate surface area is 225 Å². The lowest BCUT2D eigenvalue weighted by Crippen LogP contribution is -2.27. The number of hydrogen-bond donors (Lipinski definition) is 0. The third kappa shape index (κ3) is 5.63. The molecule has 0 unspecified atom stereocenters. The van der Waals surface area contributed by atoms with Gasteiger partial charge in [-0.15, -0.1) is 0 Å². The van der Waals surface area contributed by atoms with Crippen LogP contribution in [0, 0.1) is 0 Å². The summed E-state index contributed by atoms with van der Waals surface area (Å²) in [5.74, 6) is 1.15. The summed E-state index contributed by atoms with van der Waals surface area (Å²) in [6.45, 7) is 0. The van der Waals surface area contributed by atoms with Crippen molar-refractivity contribution in [2.75, 3.05) is 42.7 Å². The Morgan fingerprint density at radius 2 is 0.795 bits per heavy atom. The lowest BCUT2D eigenvalue weighted by molar-refractivity contribution is -0.0496. The van der Waals surface area contributed by atoms with Crippen molar-refractivity contribution in [3.8, 4) is 34.5 Å². The second kappa shape index (κ2) is 11.7. The van der Waals surface area contributed by atoms with Crippen molar-refractivity contribution in [1.82, 2.24) is 0 Å². The molecule has 0 heterocycles. The van der Waals surface area contributed by atoms with Gasteiger partial charge in [0.05, 0.1) is 42.7 Å². The van der Waals surface area contributed by atoms with Crippen molar-refractivity contribution in [2.45, 2.75) is 20.2 Å². The van der Waals surface area contributed by atoms with E-state index in [1.54, 1.807) is 0 Å². The zero-order chi connectivity index (χ0) is 29.0. The zero-order valence-corrected chi connectivity index (χ0v) is 23.5. The number of halogens is 3. The van der Waals surface area contributed by atoms with E-state index in [2.05, 4.69) is 0 Å². The maximum absolute atomic E-state index is 13.9. The Bertz CT molecular complexity index is 1290. The fraction of sp³-hybridized carbons (Fsp3) is 0.280. The van der Waals surface area contributed by atoms with Crippen molar-refractivity contribution in [3.63, 3.8) is 0 Å². The van der Waals surface area contributed by atoms with Crippen molar-refractivity contribution in [3.05, 3.63) is 54.6 Å². The molecule has 0 saturated heterocycles. The van der Waals surface area contributed by atoms with Crippen LogP contribution in [0.5, 0.6) is 34.5 Å². The predicted molar refractivity (Wildman–Crippen MR) is 137 cm³/mol. The van der Waals surface area contributed by atoms with Crippen LogP contribution >= 0.6 is 10.3 Å². The number of alkyl halides is 3. The molecule has 0 aliphatic heterocycles. The summed E-state index contributed by atoms with van der Waals surface area (Å²) in [5, 5.41) is 0. The Hall–Kier alpha value is -3.49. The third-order valence-corrected chi connectivity index (χ3v) is 10.4. The topological polar surface area (TPSA) is 98.8 Å². The summed E-state index contributed by atoms with van der Waals surface area (Å²) in [6, 6.07) is 12.6. The van der Waals surface area contributed by atoms with E-state index in [1.165, 1.54) is 97.3 Å². The van der Waals surface area contributed by atoms with Crippen LogP contribution in [0.15, 0.2) is 69.3 Å². The number of benzene rings is 3. The lowest BCUT2D eigenvalue weighted by Gasteiger charge is -2.40. The minimum atomic E-state index is -6.18. The molecule has 0 fully saturated rings. The normalized spacial score (nSPS) is 12.4. The Kier molecular flexibility index (Phi) is 9.03. The largest absolute Gasteiger partial charge is 0.524 e. The Morgan fingerprint density at radius 1 is 0.513 bits per heavy atom. The van der Waals surface area contributed by atoms with Gasteiger partial charge >= 0.3 is 15.6 Å². The highest BCUT2D eigenvalue weighted by molar-refractivity contribution is 8.33. The number of hydrogen-bond acceptors (Lipinski definition) is 9. The van der Waals surface area contributed by atoms with E-state index in [0.29, 0.717) is 0 Å². The average Bonchev–Trinajstić information content (AvgIpc) is 2.94. The van der Waals surface area contributed by atoms with Gasteiger partial charge in [0.25, 0.3) is 0 Å². The van der Waals surface area contributed by atoms with Gasteiger partial charge in [-0.3, -0.25) is 0 Å². The average molecular weight is 593 g/mol. The second-order valence-corrected chi connectivity index (χ2v) is 12.0. The lowest BCUT2D eigenvalue weighted by atomic mass is 10.3. The first-order valence-electron chi connectivity index (χ1n) is 10.9. The van der Waals surface area contributed by atoms with Gasteiger partial charge in [0.15, 0.2) is 34.5 Å². The first kappa shape index (κ1) is 30.1. The van der Waals surface area contributed by atoms with Gasteiger partial charge in [0.1, 0.15) is 0 Å². The fourth-order valence-corrected chi connectivity index (χ4v) is 8.43. The molecule has 214 valence electrons. The molecule has 0 saturated carbocycles. The van der Waals surface area contributed by atoms with Crippen molar-refractivity contribution in [1.29, 1.82) is 0 Å². The molecule has 3 aromatic carbocycles. The highest BCUT2D eigenvalue weighted by Gasteiger charge is 2.53. The second-order valence-electron chi connectivity index (χ2n) is 7.57. The van der Waals surface area contributed by atoms with Crippen LogP contribution in [0.3, 0.4) is 0 Å². The molecule has 3 rings (SSSR count). The summed E-state index contributed by atoms with van der Waals surface area (Å²) >= 11 is 0. The molecule has 0 atom stereocenters. The van der Waals surface area contributed by atoms with Gasteiger partial charge in [0, 0.05) is 14.7 Å². The monoisotopic (exact) mass is 592 g/mol. The fourth-order valence-electron chi connectivity index (χ4n) is 3.69. The van der Waals surface area contributed by atoms with E-state index in [9.17, 15) is 21.6 Å². The van der Waals surface area contributed by atoms with Crippen LogP contribution in [0.2, 0.25) is 0 Å². The maximum Gasteiger partial charge on any atom is 0.524 e. The SMILES string of the molecule is COc1ccc(S(OS(=O)(=O)C(F)(F)F)(c2ccc(OC)c(OC)c2)c2ccc(OC)c(OC)c2)cc1OC. The molecule has 0 aromatic heterocycles. The predicted octanol–water partition coefficient (Wildman–Crippen LogP) is 5.80. The molecule has 0 bridgehead atoms. The first-order chi connectivity index (χ1) is 18.4. The van der Waals surface area contributed by atoms with E-state index in [0.717, 1.165) is 0 Å². The molecule has 0 N–H and O–H groups in total. The zero-order valence-electron chi connectivity index (χ0n) is 21.8. The highest BCUT2D eigenvalue weighted by atomic mass is 32.3. The molecule has 0 spiro atoms. The molecule has 0 aliphatic carbocycles. The molecule has 0 aliphatic rings. The third-order valence-electron chi connectivity index (χ3n) is 5.54. The van der Waals surface area contributed by atoms with E-state index < -0.39 is 25.9 Å². The van der Waals surface area contributed by atoms with E-state index in [1.807, 2.05) is 0 Å². The van der Waals surface area contributed by atoms with Gasteiger partial charge in [-0.25, -0.2) is 0 Å². The first-order valence-corrected chi connectivity index (χ1v) is 13.9. The molecular formula is C25H27F3O9S2. The maximum atomic E-state index is 13.9. The number of rotatable bonds is 11. The van der Waals surface area contributed by atoms with E-state index in [4.69, 9.17) is 32.1 Å². The van der Waals surface area contributed by atoms with Crippen LogP contribution in [0.1, 0.15) is 0 Å². The van der Waals surface area contributed by atoms with Crippen LogP contribution in [-0.4, -0.2) is 56.6 Å². The van der Waals surface area contributed by atoms with Gasteiger partial charge in [0.2, 0.25) is 0 Å². The molecular weight excluding hydrogens is 565 g/mol. The number of ether oxygens (including phenoxy) is 6. The van der Waals surface area contributed by atoms with Gasteiger partial charge in [-0.05, 0) is 64.9 Å². The van der Waals surface area contributed by atoms with Crippen molar-refractivity contribution >= 4 is 20.4 Å². The smallest absolute Gasteiger partial charge is 0.493 e. The van der Waals surface area contributed by atoms with Gasteiger partial charge < -0.3 is 28.4 Å². The van der Waals surface area contributed by atoms with Crippen LogP contribution < -0.4 is 28.4 Å². The molecule has 0 amide bonds. The summed E-state index contributed by atoms with van der Waals surface area (Å²) in [4.78, 5) is 0.104. The molecule has 14 heteroatoms. The van der Waals surface area contributed by atoms with Crippen LogP contribution in [0.25, 0.3) is 0 Å². The quantitative estimate of drug-likeness (QED) is 0.256. The summed E-state index contributed by atoms with van der Waals surface area (Å²) in [7, 11) is -1.81. The highest BCUT2D eigenvalue weighted by Crippen LogP contribution is 2.72. The summed E-state index contributed by atoms with van der Waals surface area (Å²) in [5.41, 5.74) is -5.74. The van der Waals surface area contributed by atoms with Crippen molar-refractivity contribution < 1.29 is 53.6 Å². The van der Waals surface area contributed by atoms with E-state index >= 15 is 0 Å². The summed E-state index contributed by atoms with van der Waals surface area (Å²) < 4.78 is 104. The van der Waals surface area contributed by atoms with Gasteiger partial charge in [-0.1, -0.05) is 0 Å². The molecule has 3 aromatic rings. The Morgan fingerprint density at radius 3 is 1.03 bits per heavy atom. The minimum Gasteiger partial charge on any atom is -0.493 e. The van der Waals surface area contributed by atoms with Crippen LogP contribution in [-0.2, 0) is 13.7 Å². The van der Waals surface area contributed by atoms with E-state index in [-0.39, 0.29) is 49.2 Å². The molecule has 9 nitrogen and oxygen atoms in total. The minimum absolute atomic E-state index is 0.0346. The molecule has 0 radical (unpaired) electrons. The van der Waals surface area contributed by atoms with Crippen LogP contribution in [0.4, 0.5) is 13.2 Å². The standard InChI is InChI=1S/C25H27F3O9S2/c1-31-19-10-7-16(13-22(19)34-4)38(37-39(29,30)25(26,27)28,17-8-11-20(32-2)23(14-17)35-5)18-9-12-21(33-3)24(15-18)36-6/h7-15H,1-6H3. The number of methoxy groups -OCH3 is 6.